The van der Waals surface area contributed by atoms with Crippen LogP contribution in [-0.2, 0) is 5.41 Å². The average Bonchev–Trinajstić information content (AvgIpc) is 2.22. The van der Waals surface area contributed by atoms with Gasteiger partial charge in [-0.3, -0.25) is 0 Å². The van der Waals surface area contributed by atoms with E-state index in [-0.39, 0.29) is 17.8 Å². The van der Waals surface area contributed by atoms with Gasteiger partial charge in [0.15, 0.2) is 0 Å². The summed E-state index contributed by atoms with van der Waals surface area (Å²) in [5.74, 6) is -0.231. The molecule has 0 radical (unpaired) electrons. The largest absolute Gasteiger partial charge is 0.396 e. The van der Waals surface area contributed by atoms with Gasteiger partial charge < -0.3 is 10.8 Å². The van der Waals surface area contributed by atoms with Crippen molar-refractivity contribution in [1.29, 1.82) is 0 Å². The summed E-state index contributed by atoms with van der Waals surface area (Å²) < 4.78 is 14.0. The maximum atomic E-state index is 13.4. The van der Waals surface area contributed by atoms with Crippen molar-refractivity contribution in [1.82, 2.24) is 0 Å². The van der Waals surface area contributed by atoms with Gasteiger partial charge in [-0.25, -0.2) is 4.39 Å². The van der Waals surface area contributed by atoms with Gasteiger partial charge in [0, 0.05) is 22.1 Å². The molecule has 1 rings (SSSR count). The molecule has 0 aliphatic carbocycles. The minimum absolute atomic E-state index is 0.0569. The average molecular weight is 323 g/mol. The van der Waals surface area contributed by atoms with Crippen molar-refractivity contribution in [3.63, 3.8) is 0 Å². The normalized spacial score (nSPS) is 15.0. The molecule has 1 aromatic carbocycles. The lowest BCUT2D eigenvalue weighted by Crippen LogP contribution is -2.33. The Morgan fingerprint density at radius 3 is 2.67 bits per heavy atom. The zero-order valence-electron chi connectivity index (χ0n) is 8.63. The van der Waals surface area contributed by atoms with Crippen LogP contribution in [0.15, 0.2) is 18.2 Å². The summed E-state index contributed by atoms with van der Waals surface area (Å²) in [5.41, 5.74) is 6.17. The van der Waals surface area contributed by atoms with E-state index < -0.39 is 0 Å². The van der Waals surface area contributed by atoms with Crippen LogP contribution in [-0.4, -0.2) is 18.3 Å². The molecule has 0 saturated carbocycles. The number of rotatable bonds is 4. The molecule has 0 aliphatic heterocycles. The molecule has 0 spiro atoms. The monoisotopic (exact) mass is 323 g/mol. The zero-order valence-corrected chi connectivity index (χ0v) is 10.8. The fourth-order valence-corrected chi connectivity index (χ4v) is 1.82. The molecule has 1 unspecified atom stereocenters. The van der Waals surface area contributed by atoms with Crippen LogP contribution in [0.1, 0.15) is 18.9 Å². The number of nitrogens with two attached hydrogens (primary N) is 1. The summed E-state index contributed by atoms with van der Waals surface area (Å²) in [5, 5.41) is 8.97. The van der Waals surface area contributed by atoms with E-state index in [4.69, 9.17) is 10.8 Å². The molecule has 4 heteroatoms. The van der Waals surface area contributed by atoms with Crippen LogP contribution in [0.4, 0.5) is 4.39 Å². The fraction of sp³-hybridized carbons (Fsp3) is 0.455. The van der Waals surface area contributed by atoms with E-state index in [0.29, 0.717) is 16.5 Å². The van der Waals surface area contributed by atoms with Crippen molar-refractivity contribution >= 4 is 22.6 Å². The molecule has 3 N–H and O–H groups in total. The first kappa shape index (κ1) is 12.9. The summed E-state index contributed by atoms with van der Waals surface area (Å²) >= 11 is 1.95. The van der Waals surface area contributed by atoms with Gasteiger partial charge >= 0.3 is 0 Å². The molecule has 2 nitrogen and oxygen atoms in total. The van der Waals surface area contributed by atoms with E-state index in [1.165, 1.54) is 6.07 Å². The van der Waals surface area contributed by atoms with Crippen LogP contribution in [0.3, 0.4) is 0 Å². The van der Waals surface area contributed by atoms with Gasteiger partial charge in [0.25, 0.3) is 0 Å². The van der Waals surface area contributed by atoms with Crippen LogP contribution in [0, 0.1) is 9.39 Å². The summed E-state index contributed by atoms with van der Waals surface area (Å²) in [6, 6.07) is 5.11. The van der Waals surface area contributed by atoms with Crippen LogP contribution in [0.25, 0.3) is 0 Å². The van der Waals surface area contributed by atoms with Crippen molar-refractivity contribution in [2.75, 3.05) is 13.2 Å². The van der Waals surface area contributed by atoms with Gasteiger partial charge in [0.2, 0.25) is 0 Å². The molecule has 15 heavy (non-hydrogen) atoms. The lowest BCUT2D eigenvalue weighted by molar-refractivity contribution is 0.246. The van der Waals surface area contributed by atoms with Crippen LogP contribution in [0.2, 0.25) is 0 Å². The van der Waals surface area contributed by atoms with E-state index in [9.17, 15) is 4.39 Å². The molecule has 84 valence electrons. The minimum Gasteiger partial charge on any atom is -0.396 e. The van der Waals surface area contributed by atoms with E-state index in [1.807, 2.05) is 35.6 Å². The topological polar surface area (TPSA) is 46.2 Å². The first-order valence-corrected chi connectivity index (χ1v) is 5.88. The third-order valence-corrected chi connectivity index (χ3v) is 3.61. The smallest absolute Gasteiger partial charge is 0.136 e. The Labute approximate surface area is 103 Å². The number of aliphatic hydroxyl groups excluding tert-OH is 1. The maximum absolute atomic E-state index is 13.4. The molecule has 0 bridgehead atoms. The van der Waals surface area contributed by atoms with Gasteiger partial charge in [-0.05, 0) is 46.7 Å². The molecule has 0 saturated heterocycles. The Balaban J connectivity index is 3.07. The molecule has 0 aliphatic rings. The Hall–Kier alpha value is -0.200. The highest BCUT2D eigenvalue weighted by Gasteiger charge is 2.25. The Morgan fingerprint density at radius 2 is 2.20 bits per heavy atom. The summed E-state index contributed by atoms with van der Waals surface area (Å²) in [6.07, 6.45) is 0.545. The SMILES string of the molecule is CC(CN)(CCO)c1ccc(I)c(F)c1. The minimum atomic E-state index is -0.347. The predicted molar refractivity (Wildman–Crippen MR) is 67.2 cm³/mol. The molecule has 0 amide bonds. The van der Waals surface area contributed by atoms with Crippen LogP contribution in [0.5, 0.6) is 0 Å². The van der Waals surface area contributed by atoms with Gasteiger partial charge in [-0.15, -0.1) is 0 Å². The summed E-state index contributed by atoms with van der Waals surface area (Å²) in [7, 11) is 0. The van der Waals surface area contributed by atoms with E-state index in [2.05, 4.69) is 0 Å². The summed E-state index contributed by atoms with van der Waals surface area (Å²) in [6.45, 7) is 2.39. The van der Waals surface area contributed by atoms with Crippen LogP contribution >= 0.6 is 22.6 Å². The molecule has 0 heterocycles. The highest BCUT2D eigenvalue weighted by atomic mass is 127. The summed E-state index contributed by atoms with van der Waals surface area (Å²) in [4.78, 5) is 0. The van der Waals surface area contributed by atoms with E-state index in [0.717, 1.165) is 5.56 Å². The standard InChI is InChI=1S/C11H15FINO/c1-11(7-14,4-5-15)8-2-3-10(13)9(12)6-8/h2-3,6,15H,4-5,7,14H2,1H3. The first-order valence-electron chi connectivity index (χ1n) is 4.80. The van der Waals surface area contributed by atoms with Gasteiger partial charge in [0.1, 0.15) is 5.82 Å². The van der Waals surface area contributed by atoms with Crippen molar-refractivity contribution in [3.05, 3.63) is 33.1 Å². The van der Waals surface area contributed by atoms with Gasteiger partial charge in [-0.1, -0.05) is 13.0 Å². The highest BCUT2D eigenvalue weighted by Crippen LogP contribution is 2.27. The molecule has 0 fully saturated rings. The van der Waals surface area contributed by atoms with Crippen LogP contribution < -0.4 is 5.73 Å². The molecular weight excluding hydrogens is 308 g/mol. The Bertz CT molecular complexity index is 345. The second-order valence-corrected chi connectivity index (χ2v) is 5.03. The molecule has 1 atom stereocenters. The van der Waals surface area contributed by atoms with Crippen molar-refractivity contribution in [2.45, 2.75) is 18.8 Å². The Morgan fingerprint density at radius 1 is 1.53 bits per heavy atom. The third-order valence-electron chi connectivity index (χ3n) is 2.73. The quantitative estimate of drug-likeness (QED) is 0.833. The molecule has 0 aromatic heterocycles. The van der Waals surface area contributed by atoms with Gasteiger partial charge in [-0.2, -0.15) is 0 Å². The van der Waals surface area contributed by atoms with Crippen molar-refractivity contribution < 1.29 is 9.50 Å². The van der Waals surface area contributed by atoms with E-state index >= 15 is 0 Å². The van der Waals surface area contributed by atoms with Gasteiger partial charge in [0.05, 0.1) is 0 Å². The number of halogens is 2. The number of benzene rings is 1. The second kappa shape index (κ2) is 5.23. The van der Waals surface area contributed by atoms with Crippen molar-refractivity contribution in [3.8, 4) is 0 Å². The molecule has 1 aromatic rings. The van der Waals surface area contributed by atoms with Crippen molar-refractivity contribution in [2.24, 2.45) is 5.73 Å². The number of hydrogen-bond donors (Lipinski definition) is 2. The number of aliphatic hydroxyl groups is 1. The zero-order chi connectivity index (χ0) is 11.5. The maximum Gasteiger partial charge on any atom is 0.136 e. The number of hydrogen-bond acceptors (Lipinski definition) is 2. The van der Waals surface area contributed by atoms with E-state index in [1.54, 1.807) is 6.07 Å². The predicted octanol–water partition coefficient (Wildman–Crippen LogP) is 2.03. The highest BCUT2D eigenvalue weighted by molar-refractivity contribution is 14.1. The Kier molecular flexibility index (Phi) is 4.48. The lowest BCUT2D eigenvalue weighted by Gasteiger charge is -2.28. The lowest BCUT2D eigenvalue weighted by atomic mass is 9.80. The second-order valence-electron chi connectivity index (χ2n) is 3.87. The fourth-order valence-electron chi connectivity index (χ4n) is 1.48. The molecular formula is C11H15FINO. The first-order chi connectivity index (χ1) is 7.03. The third kappa shape index (κ3) is 2.89.